The first-order valence-corrected chi connectivity index (χ1v) is 8.32. The summed E-state index contributed by atoms with van der Waals surface area (Å²) in [5, 5.41) is 3.43. The predicted molar refractivity (Wildman–Crippen MR) is 95.7 cm³/mol. The Morgan fingerprint density at radius 3 is 3.04 bits per heavy atom. The van der Waals surface area contributed by atoms with Gasteiger partial charge < -0.3 is 14.8 Å². The maximum Gasteiger partial charge on any atom is 0.239 e. The van der Waals surface area contributed by atoms with E-state index in [1.54, 1.807) is 6.20 Å². The molecule has 1 amide bonds. The minimum Gasteiger partial charge on any atom is -0.467 e. The van der Waals surface area contributed by atoms with Gasteiger partial charge in [0, 0.05) is 28.9 Å². The number of halogens is 1. The van der Waals surface area contributed by atoms with E-state index in [1.807, 2.05) is 43.1 Å². The Kier molecular flexibility index (Phi) is 5.53. The van der Waals surface area contributed by atoms with E-state index in [4.69, 9.17) is 21.1 Å². The van der Waals surface area contributed by atoms with Gasteiger partial charge in [0.1, 0.15) is 11.6 Å². The molecule has 0 unspecified atom stereocenters. The highest BCUT2D eigenvalue weighted by atomic mass is 35.5. The van der Waals surface area contributed by atoms with Crippen LogP contribution in [-0.4, -0.2) is 36.2 Å². The smallest absolute Gasteiger partial charge is 0.239 e. The molecule has 0 atom stereocenters. The number of aryl methyl sites for hydroxylation is 1. The zero-order chi connectivity index (χ0) is 17.8. The largest absolute Gasteiger partial charge is 0.467 e. The molecule has 0 saturated carbocycles. The number of carbonyl (C=O) groups is 1. The number of aromatic nitrogens is 1. The van der Waals surface area contributed by atoms with E-state index in [0.29, 0.717) is 24.0 Å². The Hall–Kier alpha value is -2.15. The van der Waals surface area contributed by atoms with E-state index in [-0.39, 0.29) is 19.2 Å². The Labute approximate surface area is 151 Å². The number of carbonyl (C=O) groups excluding carboxylic acids is 1. The van der Waals surface area contributed by atoms with Crippen LogP contribution in [0.5, 0.6) is 5.75 Å². The van der Waals surface area contributed by atoms with Crippen molar-refractivity contribution in [1.29, 1.82) is 0 Å². The normalized spacial score (nSPS) is 13.3. The summed E-state index contributed by atoms with van der Waals surface area (Å²) >= 11 is 6.18. The molecule has 25 heavy (non-hydrogen) atoms. The molecule has 2 aromatic rings. The summed E-state index contributed by atoms with van der Waals surface area (Å²) in [6.07, 6.45) is 1.67. The second-order valence-electron chi connectivity index (χ2n) is 6.10. The van der Waals surface area contributed by atoms with E-state index >= 15 is 0 Å². The molecular formula is C18H20ClN3O3. The van der Waals surface area contributed by atoms with Crippen LogP contribution in [0, 0.1) is 6.92 Å². The fraction of sp³-hybridized carbons (Fsp3) is 0.333. The zero-order valence-corrected chi connectivity index (χ0v) is 15.0. The molecule has 6 nitrogen and oxygen atoms in total. The van der Waals surface area contributed by atoms with Crippen LogP contribution in [0.2, 0.25) is 5.02 Å². The maximum absolute atomic E-state index is 12.2. The molecule has 1 N–H and O–H groups in total. The average molecular weight is 362 g/mol. The number of rotatable bonds is 5. The first-order valence-electron chi connectivity index (χ1n) is 7.94. The molecule has 0 spiro atoms. The molecule has 1 aromatic carbocycles. The van der Waals surface area contributed by atoms with E-state index in [1.165, 1.54) is 0 Å². The summed E-state index contributed by atoms with van der Waals surface area (Å²) in [6.45, 7) is 3.43. The molecule has 132 valence electrons. The van der Waals surface area contributed by atoms with Crippen LogP contribution in [0.3, 0.4) is 0 Å². The van der Waals surface area contributed by atoms with Crippen LogP contribution in [0.4, 0.5) is 5.82 Å². The number of likely N-dealkylation sites (N-methyl/N-ethyl adjacent to an activating group) is 1. The number of hydrogen-bond donors (Lipinski definition) is 1. The van der Waals surface area contributed by atoms with Crippen molar-refractivity contribution in [1.82, 2.24) is 9.88 Å². The van der Waals surface area contributed by atoms with E-state index < -0.39 is 0 Å². The highest BCUT2D eigenvalue weighted by Crippen LogP contribution is 2.32. The molecule has 1 aliphatic rings. The third-order valence-corrected chi connectivity index (χ3v) is 4.01. The van der Waals surface area contributed by atoms with Crippen LogP contribution in [0.25, 0.3) is 0 Å². The average Bonchev–Trinajstić information content (AvgIpc) is 2.54. The van der Waals surface area contributed by atoms with Gasteiger partial charge in [0.15, 0.2) is 6.79 Å². The number of pyridine rings is 1. The van der Waals surface area contributed by atoms with Crippen LogP contribution in [0.15, 0.2) is 30.5 Å². The number of benzene rings is 1. The lowest BCUT2D eigenvalue weighted by atomic mass is 10.1. The van der Waals surface area contributed by atoms with Crippen molar-refractivity contribution in [3.63, 3.8) is 0 Å². The van der Waals surface area contributed by atoms with Crippen molar-refractivity contribution in [3.8, 4) is 5.75 Å². The molecule has 2 heterocycles. The summed E-state index contributed by atoms with van der Waals surface area (Å²) in [5.74, 6) is 1.23. The standard InChI is InChI=1S/C18H20ClN3O3/c1-12-3-4-20-16(5-12)21-17(23)9-22(2)8-13-6-15(19)7-14-10-24-11-25-18(13)14/h3-7H,8-11H2,1-2H3,(H,20,21,23). The van der Waals surface area contributed by atoms with Crippen LogP contribution >= 0.6 is 11.6 Å². The van der Waals surface area contributed by atoms with Gasteiger partial charge in [-0.1, -0.05) is 11.6 Å². The fourth-order valence-electron chi connectivity index (χ4n) is 2.75. The second kappa shape index (κ2) is 7.82. The van der Waals surface area contributed by atoms with Gasteiger partial charge in [-0.25, -0.2) is 4.98 Å². The topological polar surface area (TPSA) is 63.7 Å². The van der Waals surface area contributed by atoms with Crippen LogP contribution < -0.4 is 10.1 Å². The first-order chi connectivity index (χ1) is 12.0. The fourth-order valence-corrected chi connectivity index (χ4v) is 3.02. The number of nitrogens with one attached hydrogen (secondary N) is 1. The summed E-state index contributed by atoms with van der Waals surface area (Å²) in [6, 6.07) is 7.42. The number of hydrogen-bond acceptors (Lipinski definition) is 5. The van der Waals surface area contributed by atoms with Gasteiger partial charge in [-0.15, -0.1) is 0 Å². The third kappa shape index (κ3) is 4.69. The summed E-state index contributed by atoms with van der Waals surface area (Å²) < 4.78 is 10.9. The SMILES string of the molecule is Cc1ccnc(NC(=O)CN(C)Cc2cc(Cl)cc3c2OCOC3)c1. The number of ether oxygens (including phenoxy) is 2. The molecule has 3 rings (SSSR count). The quantitative estimate of drug-likeness (QED) is 0.887. The first kappa shape index (κ1) is 17.7. The van der Waals surface area contributed by atoms with Crippen molar-refractivity contribution >= 4 is 23.3 Å². The second-order valence-corrected chi connectivity index (χ2v) is 6.54. The van der Waals surface area contributed by atoms with Gasteiger partial charge in [0.25, 0.3) is 0 Å². The Morgan fingerprint density at radius 2 is 2.24 bits per heavy atom. The Balaban J connectivity index is 1.63. The van der Waals surface area contributed by atoms with Crippen molar-refractivity contribution in [2.75, 3.05) is 25.7 Å². The van der Waals surface area contributed by atoms with Crippen molar-refractivity contribution in [2.45, 2.75) is 20.1 Å². The van der Waals surface area contributed by atoms with E-state index in [0.717, 1.165) is 22.4 Å². The van der Waals surface area contributed by atoms with Gasteiger partial charge in [0.05, 0.1) is 13.2 Å². The molecule has 7 heteroatoms. The monoisotopic (exact) mass is 361 g/mol. The Morgan fingerprint density at radius 1 is 1.40 bits per heavy atom. The molecular weight excluding hydrogens is 342 g/mol. The number of anilines is 1. The predicted octanol–water partition coefficient (Wildman–Crippen LogP) is 2.98. The highest BCUT2D eigenvalue weighted by molar-refractivity contribution is 6.30. The van der Waals surface area contributed by atoms with E-state index in [9.17, 15) is 4.79 Å². The molecule has 0 bridgehead atoms. The summed E-state index contributed by atoms with van der Waals surface area (Å²) in [7, 11) is 1.87. The highest BCUT2D eigenvalue weighted by Gasteiger charge is 2.18. The molecule has 1 aliphatic heterocycles. The minimum absolute atomic E-state index is 0.124. The van der Waals surface area contributed by atoms with Gasteiger partial charge >= 0.3 is 0 Å². The minimum atomic E-state index is -0.124. The molecule has 1 aromatic heterocycles. The maximum atomic E-state index is 12.2. The number of nitrogens with zero attached hydrogens (tertiary/aromatic N) is 2. The van der Waals surface area contributed by atoms with Crippen LogP contribution in [0.1, 0.15) is 16.7 Å². The lowest BCUT2D eigenvalue weighted by molar-refractivity contribution is -0.117. The lowest BCUT2D eigenvalue weighted by Gasteiger charge is -2.23. The van der Waals surface area contributed by atoms with Crippen LogP contribution in [-0.2, 0) is 22.7 Å². The number of amides is 1. The van der Waals surface area contributed by atoms with Gasteiger partial charge in [-0.3, -0.25) is 9.69 Å². The molecule has 0 saturated heterocycles. The molecule has 0 aliphatic carbocycles. The van der Waals surface area contributed by atoms with Crippen molar-refractivity contribution < 1.29 is 14.3 Å². The summed E-state index contributed by atoms with van der Waals surface area (Å²) in [4.78, 5) is 18.2. The van der Waals surface area contributed by atoms with E-state index in [2.05, 4.69) is 10.3 Å². The van der Waals surface area contributed by atoms with Gasteiger partial charge in [-0.2, -0.15) is 0 Å². The Bertz CT molecular complexity index is 782. The number of fused-ring (bicyclic) bond motifs is 1. The molecule has 0 fully saturated rings. The van der Waals surface area contributed by atoms with Crippen molar-refractivity contribution in [2.24, 2.45) is 0 Å². The summed E-state index contributed by atoms with van der Waals surface area (Å²) in [5.41, 5.74) is 2.91. The third-order valence-electron chi connectivity index (χ3n) is 3.79. The zero-order valence-electron chi connectivity index (χ0n) is 14.2. The lowest BCUT2D eigenvalue weighted by Crippen LogP contribution is -2.30. The molecule has 0 radical (unpaired) electrons. The van der Waals surface area contributed by atoms with Gasteiger partial charge in [-0.05, 0) is 43.8 Å². The van der Waals surface area contributed by atoms with Gasteiger partial charge in [0.2, 0.25) is 5.91 Å². The van der Waals surface area contributed by atoms with Crippen molar-refractivity contribution in [3.05, 3.63) is 52.2 Å².